The van der Waals surface area contributed by atoms with Gasteiger partial charge in [-0.25, -0.2) is 0 Å². The lowest BCUT2D eigenvalue weighted by Crippen LogP contribution is -2.30. The zero-order chi connectivity index (χ0) is 13.8. The highest BCUT2D eigenvalue weighted by molar-refractivity contribution is 5.78. The quantitative estimate of drug-likeness (QED) is 0.600. The second-order valence-corrected chi connectivity index (χ2v) is 4.34. The van der Waals surface area contributed by atoms with Gasteiger partial charge in [-0.15, -0.1) is 0 Å². The van der Waals surface area contributed by atoms with Gasteiger partial charge >= 0.3 is 0 Å². The van der Waals surface area contributed by atoms with Crippen molar-refractivity contribution in [2.45, 2.75) is 19.0 Å². The molecule has 2 rings (SSSR count). The summed E-state index contributed by atoms with van der Waals surface area (Å²) in [7, 11) is 1.52. The number of non-ortho nitro benzene ring substituents is 1. The van der Waals surface area contributed by atoms with Crippen molar-refractivity contribution in [1.29, 1.82) is 0 Å². The number of carbonyl (C=O) groups is 1. The highest BCUT2D eigenvalue weighted by atomic mass is 16.6. The Hall–Kier alpha value is -2.15. The summed E-state index contributed by atoms with van der Waals surface area (Å²) in [6, 6.07) is 4.52. The number of benzene rings is 1. The van der Waals surface area contributed by atoms with Crippen LogP contribution in [0.15, 0.2) is 18.2 Å². The zero-order valence-electron chi connectivity index (χ0n) is 10.5. The molecule has 0 bridgehead atoms. The van der Waals surface area contributed by atoms with Crippen LogP contribution in [0.3, 0.4) is 0 Å². The summed E-state index contributed by atoms with van der Waals surface area (Å²) in [4.78, 5) is 21.4. The molecule has 1 aromatic rings. The van der Waals surface area contributed by atoms with Crippen molar-refractivity contribution in [3.8, 4) is 5.75 Å². The molecule has 1 aliphatic rings. The fourth-order valence-corrected chi connectivity index (χ4v) is 2.02. The maximum absolute atomic E-state index is 11.1. The van der Waals surface area contributed by atoms with Gasteiger partial charge in [0.25, 0.3) is 5.69 Å². The molecule has 1 saturated heterocycles. The van der Waals surface area contributed by atoms with E-state index in [0.29, 0.717) is 30.8 Å². The molecule has 0 aliphatic carbocycles. The van der Waals surface area contributed by atoms with Crippen LogP contribution in [0.2, 0.25) is 0 Å². The van der Waals surface area contributed by atoms with E-state index in [1.807, 2.05) is 0 Å². The number of ether oxygens (including phenoxy) is 1. The average molecular weight is 265 g/mol. The first kappa shape index (κ1) is 13.3. The van der Waals surface area contributed by atoms with Crippen LogP contribution in [-0.2, 0) is 11.3 Å². The molecule has 1 fully saturated rings. The predicted molar refractivity (Wildman–Crippen MR) is 67.9 cm³/mol. The van der Waals surface area contributed by atoms with Gasteiger partial charge in [-0.1, -0.05) is 0 Å². The van der Waals surface area contributed by atoms with Gasteiger partial charge in [0.1, 0.15) is 5.75 Å². The molecule has 19 heavy (non-hydrogen) atoms. The minimum atomic E-state index is -0.441. The number of nitro groups is 1. The Kier molecular flexibility index (Phi) is 3.96. The summed E-state index contributed by atoms with van der Waals surface area (Å²) in [5.41, 5.74) is 0.731. The van der Waals surface area contributed by atoms with Crippen LogP contribution in [0.25, 0.3) is 0 Å². The van der Waals surface area contributed by atoms with Gasteiger partial charge in [0, 0.05) is 43.2 Å². The van der Waals surface area contributed by atoms with E-state index in [1.54, 1.807) is 6.07 Å². The molecule has 1 aromatic carbocycles. The third kappa shape index (κ3) is 3.19. The van der Waals surface area contributed by atoms with Crippen LogP contribution >= 0.6 is 0 Å². The number of hydrogen-bond acceptors (Lipinski definition) is 5. The van der Waals surface area contributed by atoms with Crippen molar-refractivity contribution in [3.63, 3.8) is 0 Å². The molecule has 1 atom stereocenters. The molecule has 1 aliphatic heterocycles. The normalized spacial score (nSPS) is 18.2. The molecule has 2 N–H and O–H groups in total. The van der Waals surface area contributed by atoms with Crippen LogP contribution in [-0.4, -0.2) is 30.5 Å². The summed E-state index contributed by atoms with van der Waals surface area (Å²) in [6.45, 7) is 1.00. The van der Waals surface area contributed by atoms with Gasteiger partial charge in [-0.3, -0.25) is 14.9 Å². The summed E-state index contributed by atoms with van der Waals surface area (Å²) in [5.74, 6) is 0.610. The topological polar surface area (TPSA) is 93.5 Å². The molecular weight excluding hydrogens is 250 g/mol. The largest absolute Gasteiger partial charge is 0.496 e. The van der Waals surface area contributed by atoms with Crippen molar-refractivity contribution >= 4 is 11.6 Å². The summed E-state index contributed by atoms with van der Waals surface area (Å²) >= 11 is 0. The Morgan fingerprint density at radius 2 is 2.37 bits per heavy atom. The van der Waals surface area contributed by atoms with Crippen molar-refractivity contribution in [2.75, 3.05) is 13.7 Å². The first-order chi connectivity index (χ1) is 9.10. The number of nitrogens with zero attached hydrogens (tertiary/aromatic N) is 1. The van der Waals surface area contributed by atoms with E-state index < -0.39 is 4.92 Å². The van der Waals surface area contributed by atoms with E-state index in [0.717, 1.165) is 0 Å². The second kappa shape index (κ2) is 5.66. The van der Waals surface area contributed by atoms with Gasteiger partial charge in [-0.2, -0.15) is 0 Å². The molecule has 1 heterocycles. The number of rotatable bonds is 5. The van der Waals surface area contributed by atoms with Gasteiger partial charge in [0.2, 0.25) is 5.91 Å². The average Bonchev–Trinajstić information content (AvgIpc) is 2.81. The third-order valence-electron chi connectivity index (χ3n) is 3.03. The molecule has 7 nitrogen and oxygen atoms in total. The van der Waals surface area contributed by atoms with Crippen molar-refractivity contribution in [3.05, 3.63) is 33.9 Å². The second-order valence-electron chi connectivity index (χ2n) is 4.34. The Morgan fingerprint density at radius 3 is 2.95 bits per heavy atom. The Bertz CT molecular complexity index is 504. The van der Waals surface area contributed by atoms with E-state index in [2.05, 4.69) is 10.6 Å². The maximum Gasteiger partial charge on any atom is 0.270 e. The summed E-state index contributed by atoms with van der Waals surface area (Å²) < 4.78 is 5.17. The smallest absolute Gasteiger partial charge is 0.270 e. The lowest BCUT2D eigenvalue weighted by Gasteiger charge is -2.12. The molecule has 1 unspecified atom stereocenters. The van der Waals surface area contributed by atoms with Crippen molar-refractivity contribution < 1.29 is 14.5 Å². The highest BCUT2D eigenvalue weighted by Gasteiger charge is 2.21. The van der Waals surface area contributed by atoms with Crippen LogP contribution in [0.5, 0.6) is 5.75 Å². The molecule has 0 spiro atoms. The van der Waals surface area contributed by atoms with Crippen molar-refractivity contribution in [2.24, 2.45) is 0 Å². The number of methoxy groups -OCH3 is 1. The first-order valence-electron chi connectivity index (χ1n) is 5.91. The SMILES string of the molecule is COc1ccc([N+](=O)[O-])cc1CNC1CNC(=O)C1. The van der Waals surface area contributed by atoms with Crippen LogP contribution in [0, 0.1) is 10.1 Å². The molecule has 102 valence electrons. The molecule has 0 radical (unpaired) electrons. The lowest BCUT2D eigenvalue weighted by molar-refractivity contribution is -0.384. The van der Waals surface area contributed by atoms with Crippen LogP contribution in [0.4, 0.5) is 5.69 Å². The number of hydrogen-bond donors (Lipinski definition) is 2. The van der Waals surface area contributed by atoms with E-state index in [9.17, 15) is 14.9 Å². The summed E-state index contributed by atoms with van der Waals surface area (Å²) in [5, 5.41) is 16.7. The minimum Gasteiger partial charge on any atom is -0.496 e. The minimum absolute atomic E-state index is 0.0171. The van der Waals surface area contributed by atoms with Crippen LogP contribution in [0.1, 0.15) is 12.0 Å². The van der Waals surface area contributed by atoms with E-state index in [1.165, 1.54) is 19.2 Å². The van der Waals surface area contributed by atoms with Gasteiger partial charge in [-0.05, 0) is 6.07 Å². The van der Waals surface area contributed by atoms with Crippen LogP contribution < -0.4 is 15.4 Å². The third-order valence-corrected chi connectivity index (χ3v) is 3.03. The fourth-order valence-electron chi connectivity index (χ4n) is 2.02. The number of nitro benzene ring substituents is 1. The van der Waals surface area contributed by atoms with E-state index in [4.69, 9.17) is 4.74 Å². The Balaban J connectivity index is 2.07. The zero-order valence-corrected chi connectivity index (χ0v) is 10.5. The number of carbonyl (C=O) groups excluding carboxylic acids is 1. The van der Waals surface area contributed by atoms with E-state index >= 15 is 0 Å². The molecular formula is C12H15N3O4. The Labute approximate surface area is 110 Å². The van der Waals surface area contributed by atoms with Gasteiger partial charge in [0.05, 0.1) is 12.0 Å². The van der Waals surface area contributed by atoms with Crippen molar-refractivity contribution in [1.82, 2.24) is 10.6 Å². The number of nitrogens with one attached hydrogen (secondary N) is 2. The van der Waals surface area contributed by atoms with Gasteiger partial charge in [0.15, 0.2) is 0 Å². The predicted octanol–water partition coefficient (Wildman–Crippen LogP) is 0.582. The molecule has 7 heteroatoms. The molecule has 1 amide bonds. The fraction of sp³-hybridized carbons (Fsp3) is 0.417. The number of amides is 1. The Morgan fingerprint density at radius 1 is 1.58 bits per heavy atom. The monoisotopic (exact) mass is 265 g/mol. The first-order valence-corrected chi connectivity index (χ1v) is 5.91. The lowest BCUT2D eigenvalue weighted by atomic mass is 10.1. The summed E-state index contributed by atoms with van der Waals surface area (Å²) in [6.07, 6.45) is 0.428. The maximum atomic E-state index is 11.1. The molecule has 0 saturated carbocycles. The van der Waals surface area contributed by atoms with E-state index in [-0.39, 0.29) is 17.6 Å². The molecule has 0 aromatic heterocycles. The van der Waals surface area contributed by atoms with Gasteiger partial charge < -0.3 is 15.4 Å². The highest BCUT2D eigenvalue weighted by Crippen LogP contribution is 2.24. The standard InChI is InChI=1S/C12H15N3O4/c1-19-11-3-2-10(15(17)18)4-8(11)6-13-9-5-12(16)14-7-9/h2-4,9,13H,5-7H2,1H3,(H,14,16).